The lowest BCUT2D eigenvalue weighted by atomic mass is 9.86. The van der Waals surface area contributed by atoms with Gasteiger partial charge in [0, 0.05) is 62.2 Å². The highest BCUT2D eigenvalue weighted by Gasteiger charge is 2.29. The Morgan fingerprint density at radius 3 is 1.43 bits per heavy atom. The van der Waals surface area contributed by atoms with E-state index in [9.17, 15) is 24.0 Å². The number of amides is 3. The van der Waals surface area contributed by atoms with Crippen molar-refractivity contribution in [1.29, 1.82) is 0 Å². The lowest BCUT2D eigenvalue weighted by molar-refractivity contribution is -0.155. The van der Waals surface area contributed by atoms with Gasteiger partial charge in [-0.1, -0.05) is 36.4 Å². The van der Waals surface area contributed by atoms with Crippen LogP contribution in [0.5, 0.6) is 0 Å². The lowest BCUT2D eigenvalue weighted by Gasteiger charge is -2.33. The van der Waals surface area contributed by atoms with E-state index in [-0.39, 0.29) is 50.9 Å². The number of hydrogen-bond acceptors (Lipinski definition) is 9. The fraction of sp³-hybridized carbons (Fsp3) is 0.614. The largest absolute Gasteiger partial charge is 0.460 e. The van der Waals surface area contributed by atoms with Gasteiger partial charge in [-0.15, -0.1) is 0 Å². The molecule has 0 unspecified atom stereocenters. The predicted molar refractivity (Wildman–Crippen MR) is 219 cm³/mol. The standard InChI is InChI=1S/C44H65N3O9/c1-41(2,3)53-35(48)23-17-25-46(39(51)55-43(7,8)9)27-29-47(40(52)56-44(10,11)12)28-26-45(38(50)54-42(4,5)6)24-14-13-18-33-30-32-21-15-19-31-20-16-22-34(36(31)32)37(33)49/h15-16,19-22,30H,13-14,17-18,23-29H2,1-12H3. The Morgan fingerprint density at radius 1 is 0.536 bits per heavy atom. The summed E-state index contributed by atoms with van der Waals surface area (Å²) in [7, 11) is 0. The molecule has 3 rings (SSSR count). The van der Waals surface area contributed by atoms with E-state index >= 15 is 0 Å². The van der Waals surface area contributed by atoms with Gasteiger partial charge in [0.1, 0.15) is 22.4 Å². The van der Waals surface area contributed by atoms with Crippen molar-refractivity contribution in [3.05, 3.63) is 53.1 Å². The normalized spacial score (nSPS) is 13.1. The minimum Gasteiger partial charge on any atom is -0.460 e. The minimum absolute atomic E-state index is 0.0246. The molecule has 0 radical (unpaired) electrons. The van der Waals surface area contributed by atoms with Gasteiger partial charge in [0.15, 0.2) is 5.78 Å². The molecule has 2 aromatic rings. The molecular formula is C44H65N3O9. The zero-order chi connectivity index (χ0) is 42.1. The number of nitrogens with zero attached hydrogens (tertiary/aromatic N) is 3. The van der Waals surface area contributed by atoms with E-state index in [0.717, 1.165) is 21.9 Å². The highest BCUT2D eigenvalue weighted by molar-refractivity contribution is 6.22. The second-order valence-corrected chi connectivity index (χ2v) is 18.3. The molecule has 0 spiro atoms. The first kappa shape index (κ1) is 45.8. The molecule has 1 aliphatic carbocycles. The van der Waals surface area contributed by atoms with Gasteiger partial charge in [-0.05, 0) is 126 Å². The van der Waals surface area contributed by atoms with Crippen molar-refractivity contribution in [1.82, 2.24) is 14.7 Å². The number of carbonyl (C=O) groups is 5. The van der Waals surface area contributed by atoms with E-state index in [4.69, 9.17) is 18.9 Å². The number of ether oxygens (including phenoxy) is 4. The quantitative estimate of drug-likeness (QED) is 0.0985. The molecule has 0 fully saturated rings. The number of esters is 1. The van der Waals surface area contributed by atoms with Gasteiger partial charge in [0.2, 0.25) is 0 Å². The van der Waals surface area contributed by atoms with E-state index in [2.05, 4.69) is 0 Å². The molecule has 1 aliphatic rings. The maximum Gasteiger partial charge on any atom is 0.410 e. The van der Waals surface area contributed by atoms with E-state index in [0.29, 0.717) is 37.8 Å². The van der Waals surface area contributed by atoms with Crippen LogP contribution in [0.25, 0.3) is 16.8 Å². The molecule has 56 heavy (non-hydrogen) atoms. The summed E-state index contributed by atoms with van der Waals surface area (Å²) in [6.07, 6.45) is 2.50. The zero-order valence-corrected chi connectivity index (χ0v) is 35.8. The second-order valence-electron chi connectivity index (χ2n) is 18.3. The monoisotopic (exact) mass is 779 g/mol. The number of ketones is 1. The Labute approximate surface area is 333 Å². The van der Waals surface area contributed by atoms with Crippen molar-refractivity contribution >= 4 is 46.9 Å². The summed E-state index contributed by atoms with van der Waals surface area (Å²) < 4.78 is 22.6. The number of Topliss-reactive ketones (excluding diaryl/α,β-unsaturated/α-hetero) is 1. The van der Waals surface area contributed by atoms with Crippen molar-refractivity contribution in [3.63, 3.8) is 0 Å². The van der Waals surface area contributed by atoms with E-state index in [1.54, 1.807) is 88.0 Å². The molecule has 12 heteroatoms. The van der Waals surface area contributed by atoms with Crippen LogP contribution in [-0.2, 0) is 23.7 Å². The molecule has 0 saturated carbocycles. The smallest absolute Gasteiger partial charge is 0.410 e. The molecule has 0 aromatic heterocycles. The maximum absolute atomic E-state index is 13.6. The summed E-state index contributed by atoms with van der Waals surface area (Å²) in [4.78, 5) is 70.7. The molecule has 2 aromatic carbocycles. The fourth-order valence-corrected chi connectivity index (χ4v) is 6.06. The zero-order valence-electron chi connectivity index (χ0n) is 35.8. The van der Waals surface area contributed by atoms with Crippen LogP contribution in [0, 0.1) is 0 Å². The van der Waals surface area contributed by atoms with Gasteiger partial charge in [-0.2, -0.15) is 0 Å². The summed E-state index contributed by atoms with van der Waals surface area (Å²) in [5, 5.41) is 2.01. The summed E-state index contributed by atoms with van der Waals surface area (Å²) in [6.45, 7) is 22.3. The number of benzene rings is 2. The van der Waals surface area contributed by atoms with Gasteiger partial charge in [0.05, 0.1) is 0 Å². The van der Waals surface area contributed by atoms with Crippen molar-refractivity contribution in [3.8, 4) is 0 Å². The van der Waals surface area contributed by atoms with Gasteiger partial charge in [0.25, 0.3) is 0 Å². The van der Waals surface area contributed by atoms with Crippen LogP contribution in [0.3, 0.4) is 0 Å². The topological polar surface area (TPSA) is 132 Å². The predicted octanol–water partition coefficient (Wildman–Crippen LogP) is 9.42. The molecule has 0 atom stereocenters. The summed E-state index contributed by atoms with van der Waals surface area (Å²) in [6, 6.07) is 11.8. The van der Waals surface area contributed by atoms with Crippen LogP contribution in [0.4, 0.5) is 14.4 Å². The third kappa shape index (κ3) is 15.5. The molecule has 12 nitrogen and oxygen atoms in total. The van der Waals surface area contributed by atoms with Crippen LogP contribution in [0.15, 0.2) is 42.0 Å². The first-order valence-electron chi connectivity index (χ1n) is 19.7. The Morgan fingerprint density at radius 2 is 0.964 bits per heavy atom. The SMILES string of the molecule is CC(C)(C)OC(=O)CCCN(CCN(CCN(CCCCC1=Cc2cccc3cccc(c23)C1=O)C(=O)OC(C)(C)C)C(=O)OC(C)(C)C)C(=O)OC(C)(C)C. The lowest BCUT2D eigenvalue weighted by Crippen LogP contribution is -2.48. The minimum atomic E-state index is -0.796. The number of rotatable bonds is 15. The van der Waals surface area contributed by atoms with E-state index < -0.39 is 40.7 Å². The Bertz CT molecular complexity index is 1730. The number of carbonyl (C=O) groups excluding carboxylic acids is 5. The first-order chi connectivity index (χ1) is 25.8. The van der Waals surface area contributed by atoms with Crippen LogP contribution < -0.4 is 0 Å². The fourth-order valence-electron chi connectivity index (χ4n) is 6.06. The molecule has 0 bridgehead atoms. The first-order valence-corrected chi connectivity index (χ1v) is 19.7. The average molecular weight is 780 g/mol. The van der Waals surface area contributed by atoms with E-state index in [1.807, 2.05) is 42.5 Å². The number of hydrogen-bond donors (Lipinski definition) is 0. The molecule has 0 aliphatic heterocycles. The summed E-state index contributed by atoms with van der Waals surface area (Å²) >= 11 is 0. The van der Waals surface area contributed by atoms with Gasteiger partial charge in [-0.3, -0.25) is 9.59 Å². The third-order valence-electron chi connectivity index (χ3n) is 8.39. The highest BCUT2D eigenvalue weighted by atomic mass is 16.6. The van der Waals surface area contributed by atoms with Crippen LogP contribution in [-0.4, -0.2) is 106 Å². The van der Waals surface area contributed by atoms with Crippen molar-refractivity contribution < 1.29 is 42.9 Å². The van der Waals surface area contributed by atoms with Crippen LogP contribution in [0.1, 0.15) is 131 Å². The summed E-state index contributed by atoms with van der Waals surface area (Å²) in [5.74, 6) is -0.346. The number of unbranched alkanes of at least 4 members (excludes halogenated alkanes) is 1. The average Bonchev–Trinajstić information content (AvgIpc) is 3.03. The summed E-state index contributed by atoms with van der Waals surface area (Å²) in [5.41, 5.74) is -0.468. The second kappa shape index (κ2) is 19.0. The third-order valence-corrected chi connectivity index (χ3v) is 8.39. The van der Waals surface area contributed by atoms with Gasteiger partial charge >= 0.3 is 24.2 Å². The van der Waals surface area contributed by atoms with Crippen molar-refractivity contribution in [2.24, 2.45) is 0 Å². The van der Waals surface area contributed by atoms with E-state index in [1.165, 1.54) is 9.80 Å². The van der Waals surface area contributed by atoms with Crippen LogP contribution in [0.2, 0.25) is 0 Å². The Hall–Kier alpha value is -4.61. The highest BCUT2D eigenvalue weighted by Crippen LogP contribution is 2.33. The molecule has 3 amide bonds. The van der Waals surface area contributed by atoms with Crippen LogP contribution >= 0.6 is 0 Å². The van der Waals surface area contributed by atoms with Gasteiger partial charge in [-0.25, -0.2) is 14.4 Å². The van der Waals surface area contributed by atoms with Crippen molar-refractivity contribution in [2.45, 2.75) is 138 Å². The van der Waals surface area contributed by atoms with Gasteiger partial charge < -0.3 is 33.6 Å². The molecular weight excluding hydrogens is 714 g/mol. The Kier molecular flexibility index (Phi) is 15.5. The maximum atomic E-state index is 13.6. The number of allylic oxidation sites excluding steroid dienone is 1. The Balaban J connectivity index is 1.73. The molecule has 310 valence electrons. The molecule has 0 N–H and O–H groups in total. The molecule has 0 saturated heterocycles. The molecule has 0 heterocycles. The van der Waals surface area contributed by atoms with Crippen molar-refractivity contribution in [2.75, 3.05) is 39.3 Å².